The molecule has 2 atom stereocenters. The van der Waals surface area contributed by atoms with Crippen LogP contribution in [0.25, 0.3) is 5.57 Å². The van der Waals surface area contributed by atoms with E-state index < -0.39 is 30.8 Å². The molecule has 0 amide bonds. The average molecular weight is 639 g/mol. The van der Waals surface area contributed by atoms with E-state index in [1.165, 1.54) is 5.56 Å². The van der Waals surface area contributed by atoms with Crippen molar-refractivity contribution in [3.63, 3.8) is 0 Å². The number of halogens is 1. The van der Waals surface area contributed by atoms with E-state index in [0.29, 0.717) is 29.0 Å². The molecule has 2 aliphatic rings. The molecular weight excluding hydrogens is 596 g/mol. The molecule has 0 saturated carbocycles. The Labute approximate surface area is 269 Å². The Kier molecular flexibility index (Phi) is 10.8. The smallest absolute Gasteiger partial charge is 0.240 e. The predicted molar refractivity (Wildman–Crippen MR) is 172 cm³/mol. The van der Waals surface area contributed by atoms with E-state index in [-0.39, 0.29) is 25.2 Å². The molecule has 45 heavy (non-hydrogen) atoms. The molecule has 3 aromatic rings. The molecule has 0 radical (unpaired) electrons. The zero-order chi connectivity index (χ0) is 32.0. The molecule has 1 aliphatic heterocycles. The maximum absolute atomic E-state index is 9.90. The Morgan fingerprint density at radius 2 is 1.84 bits per heavy atom. The van der Waals surface area contributed by atoms with Crippen LogP contribution < -0.4 is 10.1 Å². The Hall–Kier alpha value is -3.09. The maximum atomic E-state index is 9.90. The molecule has 0 bridgehead atoms. The molecule has 242 valence electrons. The van der Waals surface area contributed by atoms with Gasteiger partial charge in [0.15, 0.2) is 5.82 Å². The lowest BCUT2D eigenvalue weighted by Crippen LogP contribution is -2.54. The number of likely N-dealkylation sites (tertiary alicyclic amines) is 1. The van der Waals surface area contributed by atoms with Gasteiger partial charge in [0.05, 0.1) is 48.4 Å². The van der Waals surface area contributed by atoms with Crippen molar-refractivity contribution in [3.8, 4) is 5.75 Å². The second-order valence-electron chi connectivity index (χ2n) is 12.2. The number of ether oxygens (including phenoxy) is 1. The van der Waals surface area contributed by atoms with Gasteiger partial charge in [-0.25, -0.2) is 0 Å². The van der Waals surface area contributed by atoms with E-state index in [0.717, 1.165) is 42.6 Å². The largest absolute Gasteiger partial charge is 0.491 e. The summed E-state index contributed by atoms with van der Waals surface area (Å²) in [5.41, 5.74) is 2.29. The molecule has 2 aromatic carbocycles. The van der Waals surface area contributed by atoms with Crippen molar-refractivity contribution in [2.24, 2.45) is 5.92 Å². The van der Waals surface area contributed by atoms with Gasteiger partial charge in [-0.1, -0.05) is 72.2 Å². The minimum Gasteiger partial charge on any atom is -0.491 e. The highest BCUT2D eigenvalue weighted by atomic mass is 35.5. The van der Waals surface area contributed by atoms with E-state index >= 15 is 0 Å². The molecule has 10 nitrogen and oxygen atoms in total. The van der Waals surface area contributed by atoms with Crippen LogP contribution in [-0.2, 0) is 18.5 Å². The van der Waals surface area contributed by atoms with Gasteiger partial charge >= 0.3 is 0 Å². The van der Waals surface area contributed by atoms with E-state index in [9.17, 15) is 20.4 Å². The first-order chi connectivity index (χ1) is 21.7. The molecule has 1 aliphatic carbocycles. The molecule has 2 heterocycles. The topological polar surface area (TPSA) is 144 Å². The highest BCUT2D eigenvalue weighted by Gasteiger charge is 2.45. The molecule has 11 heteroatoms. The minimum atomic E-state index is -1.20. The van der Waals surface area contributed by atoms with Crippen LogP contribution in [-0.4, -0.2) is 86.6 Å². The van der Waals surface area contributed by atoms with Crippen molar-refractivity contribution in [1.82, 2.24) is 20.4 Å². The maximum Gasteiger partial charge on any atom is 0.240 e. The highest BCUT2D eigenvalue weighted by molar-refractivity contribution is 6.32. The number of aliphatic hydroxyl groups excluding tert-OH is 4. The first-order valence-electron chi connectivity index (χ1n) is 15.4. The number of aromatic nitrogens is 2. The number of hydrogen-bond acceptors (Lipinski definition) is 10. The molecule has 1 aromatic heterocycles. The normalized spacial score (nSPS) is 21.2. The summed E-state index contributed by atoms with van der Waals surface area (Å²) in [6, 6.07) is 13.7. The Balaban J connectivity index is 1.39. The lowest BCUT2D eigenvalue weighted by Gasteiger charge is -2.37. The quantitative estimate of drug-likeness (QED) is 0.189. The number of nitrogens with zero attached hydrogens (tertiary/aromatic N) is 3. The number of aryl methyl sites for hydroxylation is 1. The fourth-order valence-corrected chi connectivity index (χ4v) is 6.23. The number of allylic oxidation sites excluding steroid dienone is 3. The summed E-state index contributed by atoms with van der Waals surface area (Å²) in [6.45, 7) is 5.54. The first kappa shape index (κ1) is 33.3. The number of rotatable bonds is 13. The molecule has 2 unspecified atom stereocenters. The van der Waals surface area contributed by atoms with Gasteiger partial charge in [-0.15, -0.1) is 0 Å². The molecule has 5 rings (SSSR count). The van der Waals surface area contributed by atoms with Crippen LogP contribution in [0.5, 0.6) is 5.75 Å². The first-order valence-corrected chi connectivity index (χ1v) is 15.8. The standard InChI is InChI=1S/C34H43ClN4O6/c1-23-6-3-4-7-27(23)28-8-5-13-34(24(28)2,32-37-31(45-38-32)18-39-14-11-26(43)12-15-39)22-44-30-10-9-25(16-29(30)35)17-36-33(19-40,20-41)21-42/h3-10,13,16,24,26,36,40-43H,11-12,14-15,17-22H2,1-2H3. The number of hydrogen-bond donors (Lipinski definition) is 5. The summed E-state index contributed by atoms with van der Waals surface area (Å²) in [4.78, 5) is 7.11. The molecule has 1 saturated heterocycles. The average Bonchev–Trinajstić information content (AvgIpc) is 3.53. The second-order valence-corrected chi connectivity index (χ2v) is 12.6. The van der Waals surface area contributed by atoms with Crippen molar-refractivity contribution in [2.75, 3.05) is 39.5 Å². The van der Waals surface area contributed by atoms with E-state index in [2.05, 4.69) is 53.5 Å². The van der Waals surface area contributed by atoms with Gasteiger partial charge in [0.2, 0.25) is 5.89 Å². The van der Waals surface area contributed by atoms with Crippen LogP contribution in [0.15, 0.2) is 65.2 Å². The monoisotopic (exact) mass is 638 g/mol. The lowest BCUT2D eigenvalue weighted by molar-refractivity contribution is 0.0414. The van der Waals surface area contributed by atoms with E-state index in [4.69, 9.17) is 25.8 Å². The van der Waals surface area contributed by atoms with E-state index in [1.54, 1.807) is 12.1 Å². The third kappa shape index (κ3) is 7.33. The zero-order valence-electron chi connectivity index (χ0n) is 25.8. The van der Waals surface area contributed by atoms with Crippen molar-refractivity contribution in [2.45, 2.75) is 56.8 Å². The lowest BCUT2D eigenvalue weighted by atomic mass is 9.68. The van der Waals surface area contributed by atoms with Crippen LogP contribution in [0.1, 0.15) is 48.2 Å². The summed E-state index contributed by atoms with van der Waals surface area (Å²) < 4.78 is 12.2. The predicted octanol–water partition coefficient (Wildman–Crippen LogP) is 3.40. The summed E-state index contributed by atoms with van der Waals surface area (Å²) in [5, 5.41) is 46.7. The third-order valence-corrected chi connectivity index (χ3v) is 9.50. The van der Waals surface area contributed by atoms with Gasteiger partial charge in [-0.3, -0.25) is 4.90 Å². The van der Waals surface area contributed by atoms with Crippen LogP contribution in [0.4, 0.5) is 0 Å². The number of piperidine rings is 1. The third-order valence-electron chi connectivity index (χ3n) is 9.20. The summed E-state index contributed by atoms with van der Waals surface area (Å²) in [6.07, 6.45) is 7.43. The second kappa shape index (κ2) is 14.6. The van der Waals surface area contributed by atoms with Crippen LogP contribution in [0, 0.1) is 12.8 Å². The Bertz CT molecular complexity index is 1490. The number of benzene rings is 2. The fraction of sp³-hybridized carbons (Fsp3) is 0.471. The summed E-state index contributed by atoms with van der Waals surface area (Å²) >= 11 is 6.69. The minimum absolute atomic E-state index is 0.0787. The van der Waals surface area contributed by atoms with Crippen molar-refractivity contribution in [3.05, 3.63) is 94.1 Å². The van der Waals surface area contributed by atoms with Gasteiger partial charge in [0.1, 0.15) is 12.4 Å². The zero-order valence-corrected chi connectivity index (χ0v) is 26.6. The molecule has 1 fully saturated rings. The van der Waals surface area contributed by atoms with Gasteiger partial charge < -0.3 is 35.0 Å². The number of nitrogens with one attached hydrogen (secondary N) is 1. The van der Waals surface area contributed by atoms with Gasteiger partial charge in [-0.05, 0) is 54.2 Å². The summed E-state index contributed by atoms with van der Waals surface area (Å²) in [7, 11) is 0. The van der Waals surface area contributed by atoms with Gasteiger partial charge in [-0.2, -0.15) is 4.98 Å². The van der Waals surface area contributed by atoms with Gasteiger partial charge in [0, 0.05) is 25.6 Å². The number of aliphatic hydroxyl groups is 4. The fourth-order valence-electron chi connectivity index (χ4n) is 5.97. The molecule has 5 N–H and O–H groups in total. The van der Waals surface area contributed by atoms with Crippen LogP contribution >= 0.6 is 11.6 Å². The Morgan fingerprint density at radius 3 is 2.53 bits per heavy atom. The van der Waals surface area contributed by atoms with Crippen molar-refractivity contribution >= 4 is 17.2 Å². The van der Waals surface area contributed by atoms with Crippen LogP contribution in [0.2, 0.25) is 5.02 Å². The Morgan fingerprint density at radius 1 is 1.11 bits per heavy atom. The molecule has 0 spiro atoms. The van der Waals surface area contributed by atoms with Crippen LogP contribution in [0.3, 0.4) is 0 Å². The molecular formula is C34H43ClN4O6. The van der Waals surface area contributed by atoms with E-state index in [1.807, 2.05) is 24.3 Å². The summed E-state index contributed by atoms with van der Waals surface area (Å²) in [5.74, 6) is 1.46. The highest BCUT2D eigenvalue weighted by Crippen LogP contribution is 2.44. The van der Waals surface area contributed by atoms with Gasteiger partial charge in [0.25, 0.3) is 0 Å². The van der Waals surface area contributed by atoms with Crippen molar-refractivity contribution in [1.29, 1.82) is 0 Å². The SMILES string of the molecule is Cc1ccccc1C1=CC=CC(COc2ccc(CNC(CO)(CO)CO)cc2Cl)(c2noc(CN3CCC(O)CC3)n2)C1C. The van der Waals surface area contributed by atoms with Crippen molar-refractivity contribution < 1.29 is 29.7 Å².